The number of nitrogens with one attached hydrogen (secondary N) is 1. The number of halogens is 3. The van der Waals surface area contributed by atoms with Crippen molar-refractivity contribution in [3.8, 4) is 0 Å². The van der Waals surface area contributed by atoms with Crippen molar-refractivity contribution in [3.05, 3.63) is 28.7 Å². The summed E-state index contributed by atoms with van der Waals surface area (Å²) >= 11 is 12.6. The Morgan fingerprint density at radius 2 is 1.94 bits per heavy atom. The van der Waals surface area contributed by atoms with Crippen LogP contribution in [-0.4, -0.2) is 49.4 Å². The number of alkyl halides is 3. The molecule has 1 heterocycles. The smallest absolute Gasteiger partial charge is 0.373 e. The van der Waals surface area contributed by atoms with Crippen molar-refractivity contribution in [2.45, 2.75) is 74.4 Å². The minimum atomic E-state index is -4.73. The number of anilines is 1. The molecule has 2 fully saturated rings. The van der Waals surface area contributed by atoms with Gasteiger partial charge in [-0.05, 0) is 44.6 Å². The van der Waals surface area contributed by atoms with Crippen LogP contribution in [0.1, 0.15) is 38.5 Å². The first-order valence-electron chi connectivity index (χ1n) is 10.3. The molecule has 6 unspecified atom stereocenters. The average Bonchev–Trinajstić information content (AvgIpc) is 2.70. The van der Waals surface area contributed by atoms with Crippen LogP contribution in [0.25, 0.3) is 0 Å². The molecule has 6 atom stereocenters. The Kier molecular flexibility index (Phi) is 8.77. The lowest BCUT2D eigenvalue weighted by Crippen LogP contribution is -2.44. The van der Waals surface area contributed by atoms with Crippen molar-refractivity contribution < 1.29 is 32.8 Å². The lowest BCUT2D eigenvalue weighted by molar-refractivity contribution is -0.132. The highest BCUT2D eigenvalue weighted by Gasteiger charge is 2.39. The Balaban J connectivity index is 1.65. The van der Waals surface area contributed by atoms with E-state index in [-0.39, 0.29) is 29.5 Å². The maximum Gasteiger partial charge on any atom is 0.471 e. The van der Waals surface area contributed by atoms with E-state index in [1.807, 2.05) is 0 Å². The summed E-state index contributed by atoms with van der Waals surface area (Å²) in [5.41, 5.74) is -0.396. The van der Waals surface area contributed by atoms with Crippen molar-refractivity contribution in [2.24, 2.45) is 5.92 Å². The fourth-order valence-corrected chi connectivity index (χ4v) is 4.98. The molecule has 9 nitrogen and oxygen atoms in total. The fourth-order valence-electron chi connectivity index (χ4n) is 4.01. The van der Waals surface area contributed by atoms with E-state index >= 15 is 0 Å². The first-order chi connectivity index (χ1) is 15.0. The maximum absolute atomic E-state index is 13.6. The molecule has 1 aromatic rings. The molecule has 0 aromatic carbocycles. The highest BCUT2D eigenvalue weighted by molar-refractivity contribution is 7.46. The molecule has 0 bridgehead atoms. The second-order valence-electron chi connectivity index (χ2n) is 8.12. The lowest BCUT2D eigenvalue weighted by Gasteiger charge is -2.38. The first kappa shape index (κ1) is 25.6. The molecule has 0 saturated heterocycles. The Bertz CT molecular complexity index is 914. The molecule has 2 aliphatic rings. The second kappa shape index (κ2) is 11.0. The van der Waals surface area contributed by atoms with Gasteiger partial charge in [-0.3, -0.25) is 18.7 Å². The Labute approximate surface area is 194 Å². The van der Waals surface area contributed by atoms with Gasteiger partial charge in [0, 0.05) is 23.3 Å². The number of hydrogen-bond acceptors (Lipinski definition) is 5. The Morgan fingerprint density at radius 1 is 1.22 bits per heavy atom. The standard InChI is InChI=1S/C19H26Cl2FN2O7P/c20-11-1-3-16(31-17-4-2-12(22)8-15(17)21)14(7-11)19(26)23-13-5-6-24(18(25)9-13)10-30-32(27,28)29/h5-6,9,11-12,14-17H,1-4,7-8,10H2,(H,23,26)(H2,27,28,29). The number of rotatable bonds is 7. The van der Waals surface area contributed by atoms with Crippen molar-refractivity contribution in [3.63, 3.8) is 0 Å². The van der Waals surface area contributed by atoms with Gasteiger partial charge >= 0.3 is 7.82 Å². The van der Waals surface area contributed by atoms with Gasteiger partial charge in [-0.2, -0.15) is 0 Å². The molecule has 0 spiro atoms. The number of phosphoric ester groups is 1. The highest BCUT2D eigenvalue weighted by Crippen LogP contribution is 2.37. The molecular weight excluding hydrogens is 489 g/mol. The molecule has 0 radical (unpaired) electrons. The van der Waals surface area contributed by atoms with Crippen LogP contribution < -0.4 is 10.9 Å². The van der Waals surface area contributed by atoms with E-state index in [1.165, 1.54) is 12.3 Å². The lowest BCUT2D eigenvalue weighted by atomic mass is 9.84. The van der Waals surface area contributed by atoms with Crippen LogP contribution in [0.2, 0.25) is 0 Å². The van der Waals surface area contributed by atoms with Gasteiger partial charge in [-0.1, -0.05) is 0 Å². The quantitative estimate of drug-likeness (QED) is 0.376. The predicted octanol–water partition coefficient (Wildman–Crippen LogP) is 3.14. The van der Waals surface area contributed by atoms with Gasteiger partial charge in [0.15, 0.2) is 0 Å². The molecule has 3 N–H and O–H groups in total. The molecule has 2 aliphatic carbocycles. The first-order valence-corrected chi connectivity index (χ1v) is 12.7. The van der Waals surface area contributed by atoms with E-state index in [0.717, 1.165) is 10.6 Å². The summed E-state index contributed by atoms with van der Waals surface area (Å²) in [7, 11) is -4.73. The van der Waals surface area contributed by atoms with Crippen molar-refractivity contribution >= 4 is 42.6 Å². The van der Waals surface area contributed by atoms with Gasteiger partial charge in [-0.15, -0.1) is 23.2 Å². The molecule has 2 saturated carbocycles. The van der Waals surface area contributed by atoms with E-state index in [1.54, 1.807) is 0 Å². The van der Waals surface area contributed by atoms with Crippen LogP contribution in [0.15, 0.2) is 23.1 Å². The van der Waals surface area contributed by atoms with Crippen molar-refractivity contribution in [1.82, 2.24) is 4.57 Å². The number of ether oxygens (including phenoxy) is 1. The van der Waals surface area contributed by atoms with Gasteiger partial charge in [0.25, 0.3) is 5.56 Å². The van der Waals surface area contributed by atoms with Gasteiger partial charge in [0.05, 0.1) is 23.5 Å². The van der Waals surface area contributed by atoms with Crippen LogP contribution in [0.4, 0.5) is 10.1 Å². The molecule has 1 aromatic heterocycles. The number of carbonyl (C=O) groups excluding carboxylic acids is 1. The van der Waals surface area contributed by atoms with Gasteiger partial charge in [-0.25, -0.2) is 8.96 Å². The van der Waals surface area contributed by atoms with E-state index in [0.29, 0.717) is 32.1 Å². The molecular formula is C19H26Cl2FN2O7P. The minimum Gasteiger partial charge on any atom is -0.373 e. The zero-order valence-electron chi connectivity index (χ0n) is 17.1. The van der Waals surface area contributed by atoms with Gasteiger partial charge in [0.1, 0.15) is 12.9 Å². The zero-order valence-corrected chi connectivity index (χ0v) is 19.5. The zero-order chi connectivity index (χ0) is 23.5. The minimum absolute atomic E-state index is 0.197. The van der Waals surface area contributed by atoms with Gasteiger partial charge in [0.2, 0.25) is 5.91 Å². The van der Waals surface area contributed by atoms with Gasteiger partial charge < -0.3 is 19.8 Å². The third-order valence-corrected chi connectivity index (χ3v) is 6.99. The summed E-state index contributed by atoms with van der Waals surface area (Å²) in [4.78, 5) is 42.6. The number of nitrogens with zero attached hydrogens (tertiary/aromatic N) is 1. The van der Waals surface area contributed by atoms with Crippen LogP contribution >= 0.6 is 31.0 Å². The number of phosphoric acid groups is 1. The topological polar surface area (TPSA) is 127 Å². The summed E-state index contributed by atoms with van der Waals surface area (Å²) in [6, 6.07) is 2.53. The predicted molar refractivity (Wildman–Crippen MR) is 116 cm³/mol. The molecule has 180 valence electrons. The monoisotopic (exact) mass is 514 g/mol. The average molecular weight is 515 g/mol. The summed E-state index contributed by atoms with van der Waals surface area (Å²) < 4.78 is 35.7. The SMILES string of the molecule is O=C(Nc1ccn(COP(=O)(O)O)c(=O)c1)C1CC(Cl)CCC1OC1CCC(F)CC1Cl. The van der Waals surface area contributed by atoms with Crippen LogP contribution in [0, 0.1) is 5.92 Å². The third kappa shape index (κ3) is 7.25. The summed E-state index contributed by atoms with van der Waals surface area (Å²) in [6.07, 6.45) is 2.25. The van der Waals surface area contributed by atoms with Crippen LogP contribution in [-0.2, 0) is 25.4 Å². The largest absolute Gasteiger partial charge is 0.471 e. The number of amides is 1. The normalized spacial score (nSPS) is 31.3. The molecule has 1 amide bonds. The summed E-state index contributed by atoms with van der Waals surface area (Å²) in [5, 5.41) is 2.02. The van der Waals surface area contributed by atoms with E-state index < -0.39 is 43.7 Å². The fraction of sp³-hybridized carbons (Fsp3) is 0.684. The number of pyridine rings is 1. The van der Waals surface area contributed by atoms with E-state index in [9.17, 15) is 18.5 Å². The molecule has 32 heavy (non-hydrogen) atoms. The van der Waals surface area contributed by atoms with Crippen LogP contribution in [0.3, 0.4) is 0 Å². The Morgan fingerprint density at radius 3 is 2.59 bits per heavy atom. The molecule has 3 rings (SSSR count). The number of aromatic nitrogens is 1. The number of carbonyl (C=O) groups is 1. The highest BCUT2D eigenvalue weighted by atomic mass is 35.5. The second-order valence-corrected chi connectivity index (χ2v) is 10.5. The molecule has 13 heteroatoms. The Hall–Kier alpha value is -1.00. The third-order valence-electron chi connectivity index (χ3n) is 5.69. The van der Waals surface area contributed by atoms with Crippen molar-refractivity contribution in [1.29, 1.82) is 0 Å². The molecule has 0 aliphatic heterocycles. The maximum atomic E-state index is 13.6. The van der Waals surface area contributed by atoms with Crippen molar-refractivity contribution in [2.75, 3.05) is 5.32 Å². The van der Waals surface area contributed by atoms with E-state index in [2.05, 4.69) is 9.84 Å². The van der Waals surface area contributed by atoms with E-state index in [4.69, 9.17) is 37.7 Å². The van der Waals surface area contributed by atoms with Crippen LogP contribution in [0.5, 0.6) is 0 Å². The summed E-state index contributed by atoms with van der Waals surface area (Å²) in [6.45, 7) is -0.634. The number of hydrogen-bond donors (Lipinski definition) is 3. The summed E-state index contributed by atoms with van der Waals surface area (Å²) in [5.74, 6) is -0.937.